The van der Waals surface area contributed by atoms with Gasteiger partial charge in [0.2, 0.25) is 0 Å². The highest BCUT2D eigenvalue weighted by Crippen LogP contribution is 2.32. The fraction of sp³-hybridized carbons (Fsp3) is 0.692. The number of amides is 1. The lowest BCUT2D eigenvalue weighted by Gasteiger charge is -2.21. The number of nitrogens with one attached hydrogen (secondary N) is 1. The van der Waals surface area contributed by atoms with E-state index in [0.717, 1.165) is 10.9 Å². The van der Waals surface area contributed by atoms with Crippen molar-refractivity contribution >= 4 is 5.91 Å². The van der Waals surface area contributed by atoms with Crippen molar-refractivity contribution < 1.29 is 23.1 Å². The molecule has 0 aliphatic rings. The molecule has 21 heavy (non-hydrogen) atoms. The van der Waals surface area contributed by atoms with E-state index < -0.39 is 29.4 Å². The van der Waals surface area contributed by atoms with Gasteiger partial charge in [-0.3, -0.25) is 9.48 Å². The summed E-state index contributed by atoms with van der Waals surface area (Å²) in [5.74, 6) is -0.828. The first-order valence-electron chi connectivity index (χ1n) is 6.77. The van der Waals surface area contributed by atoms with Crippen LogP contribution in [0.3, 0.4) is 0 Å². The molecule has 1 unspecified atom stereocenters. The quantitative estimate of drug-likeness (QED) is 0.845. The van der Waals surface area contributed by atoms with Crippen LogP contribution in [-0.2, 0) is 12.7 Å². The number of aliphatic hydroxyl groups excluding tert-OH is 1. The normalized spacial score (nSPS) is 13.5. The first-order chi connectivity index (χ1) is 9.72. The number of alkyl halides is 3. The Balaban J connectivity index is 3.05. The first kappa shape index (κ1) is 17.5. The lowest BCUT2D eigenvalue weighted by Crippen LogP contribution is -2.39. The Morgan fingerprint density at radius 2 is 2.10 bits per heavy atom. The second kappa shape index (κ2) is 6.93. The van der Waals surface area contributed by atoms with E-state index in [9.17, 15) is 18.0 Å². The largest absolute Gasteiger partial charge is 0.433 e. The Labute approximate surface area is 121 Å². The van der Waals surface area contributed by atoms with Gasteiger partial charge in [0.1, 0.15) is 0 Å². The van der Waals surface area contributed by atoms with Crippen molar-refractivity contribution in [3.63, 3.8) is 0 Å². The van der Waals surface area contributed by atoms with Gasteiger partial charge in [-0.2, -0.15) is 18.3 Å². The molecule has 1 heterocycles. The Hall–Kier alpha value is -1.57. The summed E-state index contributed by atoms with van der Waals surface area (Å²) < 4.78 is 39.9. The molecule has 0 aliphatic heterocycles. The molecule has 1 atom stereocenters. The molecule has 0 saturated carbocycles. The number of rotatable bonds is 6. The number of aryl methyl sites for hydroxylation is 1. The maximum atomic E-state index is 13.1. The molecule has 0 saturated heterocycles. The maximum absolute atomic E-state index is 13.1. The minimum Gasteiger partial charge on any atom is -0.396 e. The molecule has 0 fully saturated rings. The van der Waals surface area contributed by atoms with Gasteiger partial charge in [-0.25, -0.2) is 0 Å². The van der Waals surface area contributed by atoms with Crippen LogP contribution >= 0.6 is 0 Å². The van der Waals surface area contributed by atoms with Crippen molar-refractivity contribution in [1.82, 2.24) is 15.1 Å². The summed E-state index contributed by atoms with van der Waals surface area (Å²) in [6.07, 6.45) is -3.44. The molecule has 1 rings (SSSR count). The number of aromatic nitrogens is 2. The number of aliphatic hydroxyl groups is 1. The molecule has 8 heteroatoms. The van der Waals surface area contributed by atoms with Gasteiger partial charge < -0.3 is 10.4 Å². The monoisotopic (exact) mass is 307 g/mol. The topological polar surface area (TPSA) is 67.2 Å². The van der Waals surface area contributed by atoms with Crippen molar-refractivity contribution in [1.29, 1.82) is 0 Å². The first-order valence-corrected chi connectivity index (χ1v) is 6.77. The van der Waals surface area contributed by atoms with Crippen molar-refractivity contribution in [2.75, 3.05) is 6.61 Å². The van der Waals surface area contributed by atoms with Gasteiger partial charge >= 0.3 is 6.18 Å². The highest BCUT2D eigenvalue weighted by molar-refractivity contribution is 5.95. The zero-order chi connectivity index (χ0) is 16.2. The molecule has 0 aromatic carbocycles. The minimum absolute atomic E-state index is 0.00310. The van der Waals surface area contributed by atoms with Crippen LogP contribution in [-0.4, -0.2) is 33.4 Å². The number of hydrogen-bond donors (Lipinski definition) is 2. The van der Waals surface area contributed by atoms with Gasteiger partial charge in [-0.15, -0.1) is 0 Å². The Morgan fingerprint density at radius 1 is 1.48 bits per heavy atom. The van der Waals surface area contributed by atoms with Crippen LogP contribution in [0.5, 0.6) is 0 Å². The van der Waals surface area contributed by atoms with E-state index in [1.165, 1.54) is 6.92 Å². The van der Waals surface area contributed by atoms with Crippen molar-refractivity contribution in [3.05, 3.63) is 17.5 Å². The highest BCUT2D eigenvalue weighted by Gasteiger charge is 2.40. The molecule has 5 nitrogen and oxygen atoms in total. The smallest absolute Gasteiger partial charge is 0.396 e. The Bertz CT molecular complexity index is 483. The molecule has 1 amide bonds. The third-order valence-corrected chi connectivity index (χ3v) is 3.21. The van der Waals surface area contributed by atoms with Gasteiger partial charge in [0.25, 0.3) is 5.91 Å². The van der Waals surface area contributed by atoms with E-state index in [-0.39, 0.29) is 25.5 Å². The molecule has 0 spiro atoms. The number of carbonyl (C=O) groups is 1. The Morgan fingerprint density at radius 3 is 2.52 bits per heavy atom. The molecule has 0 aliphatic carbocycles. The molecule has 1 aromatic heterocycles. The van der Waals surface area contributed by atoms with E-state index in [1.54, 1.807) is 0 Å². The van der Waals surface area contributed by atoms with Crippen molar-refractivity contribution in [2.24, 2.45) is 5.92 Å². The van der Waals surface area contributed by atoms with E-state index in [1.807, 2.05) is 13.8 Å². The van der Waals surface area contributed by atoms with Crippen LogP contribution < -0.4 is 5.32 Å². The highest BCUT2D eigenvalue weighted by atomic mass is 19.4. The van der Waals surface area contributed by atoms with Crippen LogP contribution in [0.15, 0.2) is 6.20 Å². The fourth-order valence-electron chi connectivity index (χ4n) is 2.05. The van der Waals surface area contributed by atoms with Crippen LogP contribution in [0, 0.1) is 5.92 Å². The van der Waals surface area contributed by atoms with E-state index in [2.05, 4.69) is 10.4 Å². The molecule has 0 radical (unpaired) electrons. The van der Waals surface area contributed by atoms with Crippen molar-refractivity contribution in [3.8, 4) is 0 Å². The molecular formula is C13H20F3N3O2. The molecule has 120 valence electrons. The second-order valence-corrected chi connectivity index (χ2v) is 5.06. The number of nitrogens with zero attached hydrogens (tertiary/aromatic N) is 2. The van der Waals surface area contributed by atoms with Gasteiger partial charge in [0.15, 0.2) is 5.69 Å². The predicted molar refractivity (Wildman–Crippen MR) is 70.7 cm³/mol. The third-order valence-electron chi connectivity index (χ3n) is 3.21. The summed E-state index contributed by atoms with van der Waals surface area (Å²) in [6, 6.07) is -0.395. The van der Waals surface area contributed by atoms with E-state index in [0.29, 0.717) is 0 Å². The van der Waals surface area contributed by atoms with Crippen LogP contribution in [0.2, 0.25) is 0 Å². The Kier molecular flexibility index (Phi) is 5.77. The third kappa shape index (κ3) is 4.20. The van der Waals surface area contributed by atoms with Gasteiger partial charge in [-0.1, -0.05) is 13.8 Å². The lowest BCUT2D eigenvalue weighted by molar-refractivity contribution is -0.144. The summed E-state index contributed by atoms with van der Waals surface area (Å²) in [6.45, 7) is 5.03. The van der Waals surface area contributed by atoms with Gasteiger partial charge in [0.05, 0.1) is 11.8 Å². The number of carbonyl (C=O) groups excluding carboxylic acids is 1. The summed E-state index contributed by atoms with van der Waals surface area (Å²) in [5, 5.41) is 15.1. The fourth-order valence-corrected chi connectivity index (χ4v) is 2.05. The molecular weight excluding hydrogens is 287 g/mol. The van der Waals surface area contributed by atoms with Gasteiger partial charge in [-0.05, 0) is 19.3 Å². The number of hydrogen-bond acceptors (Lipinski definition) is 3. The summed E-state index contributed by atoms with van der Waals surface area (Å²) in [4.78, 5) is 12.1. The zero-order valence-electron chi connectivity index (χ0n) is 12.2. The summed E-state index contributed by atoms with van der Waals surface area (Å²) in [5.41, 5.74) is -1.54. The van der Waals surface area contributed by atoms with Crippen molar-refractivity contribution in [2.45, 2.75) is 46.0 Å². The van der Waals surface area contributed by atoms with E-state index in [4.69, 9.17) is 5.11 Å². The molecule has 1 aromatic rings. The SMILES string of the molecule is CCn1ncc(C(=O)NC(CCO)C(C)C)c1C(F)(F)F. The van der Waals surface area contributed by atoms with E-state index >= 15 is 0 Å². The zero-order valence-corrected chi connectivity index (χ0v) is 12.2. The number of halogens is 3. The average molecular weight is 307 g/mol. The predicted octanol–water partition coefficient (Wildman–Crippen LogP) is 2.06. The minimum atomic E-state index is -4.65. The molecule has 0 bridgehead atoms. The second-order valence-electron chi connectivity index (χ2n) is 5.06. The van der Waals surface area contributed by atoms with Crippen LogP contribution in [0.25, 0.3) is 0 Å². The summed E-state index contributed by atoms with van der Waals surface area (Å²) >= 11 is 0. The maximum Gasteiger partial charge on any atom is 0.433 e. The summed E-state index contributed by atoms with van der Waals surface area (Å²) in [7, 11) is 0. The van der Waals surface area contributed by atoms with Gasteiger partial charge in [0, 0.05) is 19.2 Å². The van der Waals surface area contributed by atoms with Crippen LogP contribution in [0.1, 0.15) is 43.2 Å². The average Bonchev–Trinajstić information content (AvgIpc) is 2.81. The lowest BCUT2D eigenvalue weighted by atomic mass is 10.0. The van der Waals surface area contributed by atoms with Crippen LogP contribution in [0.4, 0.5) is 13.2 Å². The standard InChI is InChI=1S/C13H20F3N3O2/c1-4-19-11(13(14,15)16)9(7-17-19)12(21)18-10(5-6-20)8(2)3/h7-8,10,20H,4-6H2,1-3H3,(H,18,21). The molecule has 2 N–H and O–H groups in total.